The van der Waals surface area contributed by atoms with Crippen LogP contribution in [0.3, 0.4) is 0 Å². The van der Waals surface area contributed by atoms with Gasteiger partial charge in [-0.05, 0) is 67.2 Å². The molecule has 8 nitrogen and oxygen atoms in total. The van der Waals surface area contributed by atoms with Crippen molar-refractivity contribution in [2.45, 2.75) is 69.6 Å². The number of nitrogens with one attached hydrogen (secondary N) is 2. The smallest absolute Gasteiger partial charge is 0.270 e. The molecule has 0 unspecified atom stereocenters. The molecule has 4 rings (SSSR count). The monoisotopic (exact) mass is 553 g/mol. The van der Waals surface area contributed by atoms with Gasteiger partial charge in [-0.25, -0.2) is 13.1 Å². The van der Waals surface area contributed by atoms with Crippen molar-refractivity contribution < 1.29 is 22.7 Å². The van der Waals surface area contributed by atoms with Crippen LogP contribution < -0.4 is 19.7 Å². The van der Waals surface area contributed by atoms with Crippen LogP contribution >= 0.6 is 0 Å². The Kier molecular flexibility index (Phi) is 8.69. The Morgan fingerprint density at radius 2 is 1.72 bits per heavy atom. The van der Waals surface area contributed by atoms with Crippen LogP contribution in [-0.4, -0.2) is 46.2 Å². The van der Waals surface area contributed by atoms with Gasteiger partial charge in [-0.15, -0.1) is 0 Å². The third-order valence-electron chi connectivity index (χ3n) is 7.36. The zero-order valence-electron chi connectivity index (χ0n) is 23.2. The number of nitrogens with zero attached hydrogens (tertiary/aromatic N) is 1. The SMILES string of the molecule is CCCCCCOc1ccc([C@]2(C)CC(c3ccc(N(C)C)cc3)=C(C(=O)NS(=O)(=O)C3CC3)C(=O)N2)cc1. The van der Waals surface area contributed by atoms with Gasteiger partial charge < -0.3 is 15.0 Å². The summed E-state index contributed by atoms with van der Waals surface area (Å²) in [7, 11) is 0.0445. The normalized spacial score (nSPS) is 19.4. The molecule has 210 valence electrons. The molecule has 2 aliphatic rings. The van der Waals surface area contributed by atoms with E-state index in [1.54, 1.807) is 0 Å². The Morgan fingerprint density at radius 1 is 1.05 bits per heavy atom. The van der Waals surface area contributed by atoms with E-state index in [0.717, 1.165) is 29.8 Å². The molecule has 1 atom stereocenters. The summed E-state index contributed by atoms with van der Waals surface area (Å²) in [4.78, 5) is 28.7. The van der Waals surface area contributed by atoms with Crippen molar-refractivity contribution in [2.24, 2.45) is 0 Å². The van der Waals surface area contributed by atoms with Gasteiger partial charge in [0.25, 0.3) is 11.8 Å². The van der Waals surface area contributed by atoms with Crippen LogP contribution in [-0.2, 0) is 25.2 Å². The van der Waals surface area contributed by atoms with Crippen LogP contribution in [0.25, 0.3) is 5.57 Å². The third-order valence-corrected chi connectivity index (χ3v) is 9.18. The van der Waals surface area contributed by atoms with E-state index in [0.29, 0.717) is 37.0 Å². The quantitative estimate of drug-likeness (QED) is 0.296. The number of rotatable bonds is 12. The molecule has 0 bridgehead atoms. The maximum atomic E-state index is 13.5. The lowest BCUT2D eigenvalue weighted by molar-refractivity contribution is -0.124. The minimum Gasteiger partial charge on any atom is -0.494 e. The number of ether oxygens (including phenoxy) is 1. The van der Waals surface area contributed by atoms with Gasteiger partial charge in [0.15, 0.2) is 0 Å². The van der Waals surface area contributed by atoms with Crippen molar-refractivity contribution >= 4 is 33.1 Å². The lowest BCUT2D eigenvalue weighted by Crippen LogP contribution is -2.50. The Balaban J connectivity index is 1.63. The highest BCUT2D eigenvalue weighted by atomic mass is 32.2. The van der Waals surface area contributed by atoms with Crippen LogP contribution in [0.5, 0.6) is 5.75 Å². The molecule has 2 N–H and O–H groups in total. The number of carbonyl (C=O) groups excluding carboxylic acids is 2. The van der Waals surface area contributed by atoms with Gasteiger partial charge in [0.2, 0.25) is 10.0 Å². The lowest BCUT2D eigenvalue weighted by atomic mass is 9.78. The Labute approximate surface area is 231 Å². The average Bonchev–Trinajstić information content (AvgIpc) is 3.75. The molecule has 1 aliphatic heterocycles. The van der Waals surface area contributed by atoms with E-state index in [2.05, 4.69) is 17.0 Å². The zero-order chi connectivity index (χ0) is 28.2. The van der Waals surface area contributed by atoms with Crippen molar-refractivity contribution in [1.82, 2.24) is 10.0 Å². The fourth-order valence-corrected chi connectivity index (χ4v) is 6.12. The Hall–Kier alpha value is -3.33. The molecule has 2 aromatic carbocycles. The second-order valence-electron chi connectivity index (χ2n) is 10.9. The molecule has 39 heavy (non-hydrogen) atoms. The van der Waals surface area contributed by atoms with E-state index in [1.165, 1.54) is 12.8 Å². The van der Waals surface area contributed by atoms with Crippen LogP contribution in [0.1, 0.15) is 69.9 Å². The minimum absolute atomic E-state index is 0.165. The number of hydrogen-bond donors (Lipinski definition) is 2. The van der Waals surface area contributed by atoms with E-state index in [-0.39, 0.29) is 5.57 Å². The second kappa shape index (κ2) is 11.8. The van der Waals surface area contributed by atoms with Gasteiger partial charge in [-0.1, -0.05) is 50.5 Å². The number of anilines is 1. The molecule has 2 amide bonds. The molecule has 1 aliphatic carbocycles. The topological polar surface area (TPSA) is 105 Å². The summed E-state index contributed by atoms with van der Waals surface area (Å²) in [6, 6.07) is 15.2. The summed E-state index contributed by atoms with van der Waals surface area (Å²) in [5.74, 6) is -0.725. The highest BCUT2D eigenvalue weighted by Gasteiger charge is 2.42. The summed E-state index contributed by atoms with van der Waals surface area (Å²) >= 11 is 0. The van der Waals surface area contributed by atoms with Crippen LogP contribution in [0, 0.1) is 0 Å². The van der Waals surface area contributed by atoms with Crippen LogP contribution in [0.15, 0.2) is 54.1 Å². The van der Waals surface area contributed by atoms with Gasteiger partial charge in [-0.2, -0.15) is 0 Å². The van der Waals surface area contributed by atoms with Gasteiger partial charge in [0.05, 0.1) is 17.4 Å². The lowest BCUT2D eigenvalue weighted by Gasteiger charge is -2.37. The standard InChI is InChI=1S/C30H39N3O5S/c1-5-6-7-8-19-38-24-15-11-22(12-16-24)30(2)20-26(21-9-13-23(14-10-21)33(3)4)27(28(34)31-30)29(35)32-39(36,37)25-17-18-25/h9-16,25H,5-8,17-20H2,1-4H3,(H,31,34)(H,32,35)/t30-/m0/s1. The first kappa shape index (κ1) is 28.7. The molecular formula is C30H39N3O5S. The summed E-state index contributed by atoms with van der Waals surface area (Å²) < 4.78 is 33.1. The molecule has 1 fully saturated rings. The van der Waals surface area contributed by atoms with Crippen molar-refractivity contribution in [2.75, 3.05) is 25.6 Å². The first-order chi connectivity index (χ1) is 18.5. The molecule has 1 saturated carbocycles. The maximum absolute atomic E-state index is 13.5. The van der Waals surface area contributed by atoms with E-state index in [9.17, 15) is 18.0 Å². The van der Waals surface area contributed by atoms with E-state index < -0.39 is 32.6 Å². The molecule has 0 saturated heterocycles. The van der Waals surface area contributed by atoms with Gasteiger partial charge in [0.1, 0.15) is 11.3 Å². The second-order valence-corrected chi connectivity index (χ2v) is 12.8. The fourth-order valence-electron chi connectivity index (χ4n) is 4.84. The number of hydrogen-bond acceptors (Lipinski definition) is 6. The fraction of sp³-hybridized carbons (Fsp3) is 0.467. The van der Waals surface area contributed by atoms with E-state index in [1.807, 2.05) is 74.4 Å². The largest absolute Gasteiger partial charge is 0.494 e. The van der Waals surface area contributed by atoms with Crippen molar-refractivity contribution in [3.05, 3.63) is 65.2 Å². The Morgan fingerprint density at radius 3 is 2.31 bits per heavy atom. The average molecular weight is 554 g/mol. The van der Waals surface area contributed by atoms with E-state index >= 15 is 0 Å². The number of sulfonamides is 1. The summed E-state index contributed by atoms with van der Waals surface area (Å²) in [6.45, 7) is 4.75. The van der Waals surface area contributed by atoms with Crippen molar-refractivity contribution in [1.29, 1.82) is 0 Å². The molecule has 0 radical (unpaired) electrons. The first-order valence-electron chi connectivity index (χ1n) is 13.7. The highest BCUT2D eigenvalue weighted by molar-refractivity contribution is 7.91. The number of amides is 2. The third kappa shape index (κ3) is 6.82. The van der Waals surface area contributed by atoms with Crippen LogP contribution in [0.4, 0.5) is 5.69 Å². The number of benzene rings is 2. The predicted octanol–water partition coefficient (Wildman–Crippen LogP) is 4.51. The van der Waals surface area contributed by atoms with Crippen LogP contribution in [0.2, 0.25) is 0 Å². The molecule has 0 spiro atoms. The maximum Gasteiger partial charge on any atom is 0.270 e. The molecule has 9 heteroatoms. The van der Waals surface area contributed by atoms with Crippen molar-refractivity contribution in [3.8, 4) is 5.75 Å². The first-order valence-corrected chi connectivity index (χ1v) is 15.2. The van der Waals surface area contributed by atoms with Gasteiger partial charge in [0, 0.05) is 26.2 Å². The number of carbonyl (C=O) groups is 2. The van der Waals surface area contributed by atoms with Crippen molar-refractivity contribution in [3.63, 3.8) is 0 Å². The summed E-state index contributed by atoms with van der Waals surface area (Å²) in [6.07, 6.45) is 5.86. The summed E-state index contributed by atoms with van der Waals surface area (Å²) in [5.41, 5.74) is 2.05. The predicted molar refractivity (Wildman–Crippen MR) is 154 cm³/mol. The highest BCUT2D eigenvalue weighted by Crippen LogP contribution is 2.39. The molecular weight excluding hydrogens is 514 g/mol. The summed E-state index contributed by atoms with van der Waals surface area (Å²) in [5, 5.41) is 2.41. The van der Waals surface area contributed by atoms with Gasteiger partial charge in [-0.3, -0.25) is 9.59 Å². The minimum atomic E-state index is -3.82. The van der Waals surface area contributed by atoms with Gasteiger partial charge >= 0.3 is 0 Å². The Bertz CT molecular complexity index is 1330. The van der Waals surface area contributed by atoms with E-state index in [4.69, 9.17) is 4.74 Å². The zero-order valence-corrected chi connectivity index (χ0v) is 24.1. The molecule has 0 aromatic heterocycles. The number of unbranched alkanes of at least 4 members (excludes halogenated alkanes) is 3. The molecule has 2 aromatic rings. The molecule has 1 heterocycles.